The second kappa shape index (κ2) is 25.5. The Hall–Kier alpha value is -3.58. The molecule has 1 aliphatic carbocycles. The number of alkyl halides is 1. The summed E-state index contributed by atoms with van der Waals surface area (Å²) in [5.74, 6) is -2.18. The number of aliphatic hydroxyl groups excluding tert-OH is 2. The first-order chi connectivity index (χ1) is 36.3. The molecule has 2 aromatic heterocycles. The number of aromatic nitrogens is 6. The maximum Gasteiger partial charge on any atom is 0.311 e. The number of methoxy groups -OCH3 is 2. The van der Waals surface area contributed by atoms with Crippen LogP contribution in [0.1, 0.15) is 149 Å². The highest BCUT2D eigenvalue weighted by Gasteiger charge is 2.52. The van der Waals surface area contributed by atoms with Crippen molar-refractivity contribution in [2.75, 3.05) is 48.1 Å². The number of ether oxygens (including phenoxy) is 7. The van der Waals surface area contributed by atoms with Crippen molar-refractivity contribution in [2.24, 2.45) is 17.8 Å². The van der Waals surface area contributed by atoms with Crippen LogP contribution in [0, 0.1) is 17.8 Å². The molecule has 77 heavy (non-hydrogen) atoms. The lowest BCUT2D eigenvalue weighted by atomic mass is 9.77. The second-order valence-corrected chi connectivity index (χ2v) is 24.0. The van der Waals surface area contributed by atoms with Crippen molar-refractivity contribution in [3.63, 3.8) is 0 Å². The molecule has 0 bridgehead atoms. The van der Waals surface area contributed by atoms with Gasteiger partial charge in [0.25, 0.3) is 0 Å². The van der Waals surface area contributed by atoms with Crippen LogP contribution >= 0.6 is 0 Å². The molecule has 19 atom stereocenters. The summed E-state index contributed by atoms with van der Waals surface area (Å²) < 4.78 is 62.9. The maximum absolute atomic E-state index is 15.0. The zero-order chi connectivity index (χ0) is 56.3. The molecule has 434 valence electrons. The Morgan fingerprint density at radius 1 is 0.922 bits per heavy atom. The van der Waals surface area contributed by atoms with Gasteiger partial charge in [-0.15, -0.1) is 10.2 Å². The molecule has 3 aromatic rings. The lowest BCUT2D eigenvalue weighted by Gasteiger charge is -2.48. The van der Waals surface area contributed by atoms with Crippen LogP contribution in [0.15, 0.2) is 36.7 Å². The smallest absolute Gasteiger partial charge is 0.311 e. The van der Waals surface area contributed by atoms with Crippen molar-refractivity contribution >= 4 is 5.97 Å². The molecular formula is C56H91FN8O12. The van der Waals surface area contributed by atoms with Crippen LogP contribution in [0.4, 0.5) is 4.39 Å². The maximum atomic E-state index is 15.0. The average Bonchev–Trinajstić information content (AvgIpc) is 3.92. The third-order valence-electron chi connectivity index (χ3n) is 17.2. The van der Waals surface area contributed by atoms with Crippen LogP contribution in [0.25, 0.3) is 5.69 Å². The van der Waals surface area contributed by atoms with Crippen molar-refractivity contribution in [3.05, 3.63) is 53.6 Å². The number of carbonyl (C=O) groups is 1. The van der Waals surface area contributed by atoms with E-state index in [2.05, 4.69) is 20.6 Å². The van der Waals surface area contributed by atoms with Gasteiger partial charge >= 0.3 is 5.97 Å². The minimum Gasteiger partial charge on any atom is -0.459 e. The monoisotopic (exact) mass is 1090 g/mol. The van der Waals surface area contributed by atoms with Crippen molar-refractivity contribution in [1.29, 1.82) is 0 Å². The average molecular weight is 1090 g/mol. The zero-order valence-corrected chi connectivity index (χ0v) is 48.1. The third kappa shape index (κ3) is 14.3. The van der Waals surface area contributed by atoms with Crippen LogP contribution in [0.3, 0.4) is 0 Å². The number of hydrogen-bond donors (Lipinski definition) is 4. The molecule has 4 aliphatic rings. The van der Waals surface area contributed by atoms with Gasteiger partial charge in [0.2, 0.25) is 0 Å². The Kier molecular flexibility index (Phi) is 20.2. The van der Waals surface area contributed by atoms with E-state index in [1.165, 1.54) is 11.6 Å². The van der Waals surface area contributed by atoms with E-state index < -0.39 is 109 Å². The summed E-state index contributed by atoms with van der Waals surface area (Å²) in [4.78, 5) is 18.5. The van der Waals surface area contributed by atoms with Gasteiger partial charge < -0.3 is 63.4 Å². The molecule has 1 aromatic carbocycles. The number of benzene rings is 1. The van der Waals surface area contributed by atoms with Gasteiger partial charge in [-0.1, -0.05) is 43.3 Å². The number of nitrogens with zero attached hydrogens (tertiary/aromatic N) is 8. The zero-order valence-electron chi connectivity index (χ0n) is 48.1. The minimum absolute atomic E-state index is 0.189. The molecule has 20 nitrogen and oxygen atoms in total. The van der Waals surface area contributed by atoms with Gasteiger partial charge in [0.15, 0.2) is 12.6 Å². The summed E-state index contributed by atoms with van der Waals surface area (Å²) in [7, 11) is 6.95. The molecule has 0 unspecified atom stereocenters. The van der Waals surface area contributed by atoms with Gasteiger partial charge in [0.1, 0.15) is 42.7 Å². The van der Waals surface area contributed by atoms with E-state index in [9.17, 15) is 29.6 Å². The van der Waals surface area contributed by atoms with Gasteiger partial charge in [-0.05, 0) is 118 Å². The molecule has 1 saturated carbocycles. The Labute approximate surface area is 455 Å². The summed E-state index contributed by atoms with van der Waals surface area (Å²) >= 11 is 0. The van der Waals surface area contributed by atoms with Crippen LogP contribution in [0.5, 0.6) is 0 Å². The Morgan fingerprint density at radius 3 is 2.26 bits per heavy atom. The standard InChI is InChI=1S/C56H91FN8O12/c1-15-45-56(10,70)50(67)37(7)63(12)29-32(2)25-55(9,69)51(35(5)48(36(6)52(68)75-45)76-46-27-54(8,72-14)26-34(4)73-46)77-53-47(66)43(24-33(3)74-53)62(11)23-22-40-30-65(60-58-40)44(28-57)49(71-13)39-18-20-41(21-19-39)64-31-42(59-61-64)38-16-17-38/h18-21,30-38,43-51,53,66-67,69-70H,15-17,22-29H2,1-14H3/t32-,33-,34+,35+,36-,37-,43+,44-,45-,46+,47-,48+,49-,50-,51-,53+,54+,55-,56-/m1/s1. The number of cyclic esters (lactones) is 1. The minimum atomic E-state index is -1.82. The molecule has 7 rings (SSSR count). The van der Waals surface area contributed by atoms with E-state index in [1.54, 1.807) is 45.9 Å². The Bertz CT molecular complexity index is 2340. The van der Waals surface area contributed by atoms with Gasteiger partial charge in [-0.3, -0.25) is 4.79 Å². The Balaban J connectivity index is 1.10. The topological polar surface area (TPSA) is 230 Å². The first kappa shape index (κ1) is 61.0. The third-order valence-corrected chi connectivity index (χ3v) is 17.2. The highest BCUT2D eigenvalue weighted by molar-refractivity contribution is 5.73. The Morgan fingerprint density at radius 2 is 1.62 bits per heavy atom. The molecule has 0 radical (unpaired) electrons. The van der Waals surface area contributed by atoms with E-state index in [-0.39, 0.29) is 31.0 Å². The predicted molar refractivity (Wildman–Crippen MR) is 284 cm³/mol. The number of rotatable bonds is 17. The first-order valence-electron chi connectivity index (χ1n) is 27.9. The molecule has 3 aliphatic heterocycles. The predicted octanol–water partition coefficient (Wildman–Crippen LogP) is 5.49. The van der Waals surface area contributed by atoms with Gasteiger partial charge in [-0.2, -0.15) is 0 Å². The summed E-state index contributed by atoms with van der Waals surface area (Å²) in [6.45, 7) is 18.2. The highest BCUT2D eigenvalue weighted by atomic mass is 19.1. The second-order valence-electron chi connectivity index (χ2n) is 24.0. The highest BCUT2D eigenvalue weighted by Crippen LogP contribution is 2.41. The van der Waals surface area contributed by atoms with Crippen LogP contribution in [-0.4, -0.2) is 198 Å². The van der Waals surface area contributed by atoms with Crippen molar-refractivity contribution in [3.8, 4) is 5.69 Å². The van der Waals surface area contributed by atoms with Crippen molar-refractivity contribution in [1.82, 2.24) is 39.8 Å². The molecule has 5 heterocycles. The SMILES string of the molecule is CC[C@H]1OC(=O)[C@H](C)[C@@H](O[C@H]2C[C@@](C)(OC)C[C@H](C)O2)[C@H](C)[C@@H](O[C@@H]2O[C@H](C)C[C@H](N(C)CCc3cn([C@H](CF)[C@H](OC)c4ccc(-n5cc(C6CC6)nn5)cc4)nn3)[C@H]2O)[C@](C)(O)C[C@@H](C)CN(C)[C@H](C)[C@@H](O)[C@]1(C)O. The fourth-order valence-corrected chi connectivity index (χ4v) is 12.4. The van der Waals surface area contributed by atoms with Crippen LogP contribution in [0.2, 0.25) is 0 Å². The molecule has 0 amide bonds. The van der Waals surface area contributed by atoms with E-state index in [0.717, 1.165) is 29.8 Å². The summed E-state index contributed by atoms with van der Waals surface area (Å²) in [5.41, 5.74) is -0.816. The van der Waals surface area contributed by atoms with Crippen molar-refractivity contribution < 1.29 is 62.8 Å². The largest absolute Gasteiger partial charge is 0.459 e. The van der Waals surface area contributed by atoms with Crippen molar-refractivity contribution in [2.45, 2.75) is 223 Å². The first-order valence-corrected chi connectivity index (χ1v) is 27.9. The van der Waals surface area contributed by atoms with E-state index in [4.69, 9.17) is 33.2 Å². The molecule has 0 spiro atoms. The normalized spacial score (nSPS) is 38.2. The van der Waals surface area contributed by atoms with E-state index >= 15 is 0 Å². The number of carbonyl (C=O) groups excluding carboxylic acids is 1. The summed E-state index contributed by atoms with van der Waals surface area (Å²) in [6, 6.07) is 5.79. The summed E-state index contributed by atoms with van der Waals surface area (Å²) in [5, 5.41) is 66.2. The fourth-order valence-electron chi connectivity index (χ4n) is 12.4. The van der Waals surface area contributed by atoms with Gasteiger partial charge in [-0.25, -0.2) is 13.8 Å². The molecule has 4 N–H and O–H groups in total. The fraction of sp³-hybridized carbons (Fsp3) is 0.804. The van der Waals surface area contributed by atoms with Crippen LogP contribution < -0.4 is 0 Å². The lowest BCUT2D eigenvalue weighted by Crippen LogP contribution is -2.60. The molecule has 21 heteroatoms. The molecule has 4 fully saturated rings. The number of aliphatic hydroxyl groups is 4. The molecular weight excluding hydrogens is 996 g/mol. The number of esters is 1. The number of hydrogen-bond acceptors (Lipinski definition) is 18. The van der Waals surface area contributed by atoms with E-state index in [1.807, 2.05) is 95.9 Å². The lowest BCUT2D eigenvalue weighted by molar-refractivity contribution is -0.310. The van der Waals surface area contributed by atoms with E-state index in [0.29, 0.717) is 50.4 Å². The van der Waals surface area contributed by atoms with Crippen LogP contribution in [-0.2, 0) is 44.4 Å². The number of likely N-dealkylation sites (N-methyl/N-ethyl adjacent to an activating group) is 2. The summed E-state index contributed by atoms with van der Waals surface area (Å²) in [6.07, 6.45) is -0.861. The van der Waals surface area contributed by atoms with Gasteiger partial charge in [0, 0.05) is 76.7 Å². The number of halogens is 1. The quantitative estimate of drug-likeness (QED) is 0.123. The van der Waals surface area contributed by atoms with Gasteiger partial charge in [0.05, 0.1) is 64.8 Å². The molecule has 3 saturated heterocycles.